The Bertz CT molecular complexity index is 1180. The molecule has 0 aromatic heterocycles. The average Bonchev–Trinajstić information content (AvgIpc) is 2.88. The lowest BCUT2D eigenvalue weighted by atomic mass is 9.83. The van der Waals surface area contributed by atoms with Crippen LogP contribution in [0.2, 0.25) is 0 Å². The van der Waals surface area contributed by atoms with Gasteiger partial charge < -0.3 is 10.2 Å². The first-order chi connectivity index (χ1) is 16.8. The van der Waals surface area contributed by atoms with E-state index in [4.69, 9.17) is 0 Å². The summed E-state index contributed by atoms with van der Waals surface area (Å²) in [5, 5.41) is 3.17. The summed E-state index contributed by atoms with van der Waals surface area (Å²) in [7, 11) is 0. The SMILES string of the molecule is CCc1ccccc1C(=O)N1CCCC(C(=O)Nc2cccc(C(C)(C)C)c2)C1c1ccccc1. The summed E-state index contributed by atoms with van der Waals surface area (Å²) in [6.07, 6.45) is 2.33. The molecule has 3 aromatic carbocycles. The van der Waals surface area contributed by atoms with E-state index in [-0.39, 0.29) is 29.2 Å². The maximum absolute atomic E-state index is 13.8. The third kappa shape index (κ3) is 5.48. The normalized spacial score (nSPS) is 18.2. The van der Waals surface area contributed by atoms with Crippen molar-refractivity contribution in [1.29, 1.82) is 0 Å². The predicted molar refractivity (Wildman–Crippen MR) is 143 cm³/mol. The lowest BCUT2D eigenvalue weighted by Crippen LogP contribution is -2.46. The second-order valence-electron chi connectivity index (χ2n) is 10.4. The fourth-order valence-electron chi connectivity index (χ4n) is 5.05. The number of hydrogen-bond acceptors (Lipinski definition) is 2. The van der Waals surface area contributed by atoms with Crippen LogP contribution in [0.4, 0.5) is 5.69 Å². The van der Waals surface area contributed by atoms with Crippen LogP contribution in [0.5, 0.6) is 0 Å². The molecule has 1 saturated heterocycles. The van der Waals surface area contributed by atoms with Crippen LogP contribution in [-0.4, -0.2) is 23.3 Å². The Morgan fingerprint density at radius 2 is 1.66 bits per heavy atom. The highest BCUT2D eigenvalue weighted by Gasteiger charge is 2.40. The number of piperidine rings is 1. The minimum Gasteiger partial charge on any atom is -0.331 e. The highest BCUT2D eigenvalue weighted by atomic mass is 16.2. The molecule has 182 valence electrons. The molecule has 35 heavy (non-hydrogen) atoms. The van der Waals surface area contributed by atoms with Crippen molar-refractivity contribution in [3.8, 4) is 0 Å². The minimum absolute atomic E-state index is 0.00327. The van der Waals surface area contributed by atoms with E-state index in [9.17, 15) is 9.59 Å². The molecule has 1 N–H and O–H groups in total. The summed E-state index contributed by atoms with van der Waals surface area (Å²) >= 11 is 0. The number of carbonyl (C=O) groups is 2. The maximum Gasteiger partial charge on any atom is 0.254 e. The lowest BCUT2D eigenvalue weighted by molar-refractivity contribution is -0.123. The van der Waals surface area contributed by atoms with Crippen molar-refractivity contribution >= 4 is 17.5 Å². The van der Waals surface area contributed by atoms with Crippen molar-refractivity contribution in [1.82, 2.24) is 4.90 Å². The molecule has 4 heteroatoms. The minimum atomic E-state index is -0.331. The number of hydrogen-bond donors (Lipinski definition) is 1. The number of aryl methyl sites for hydroxylation is 1. The molecule has 1 aliphatic heterocycles. The van der Waals surface area contributed by atoms with Crippen molar-refractivity contribution in [2.45, 2.75) is 58.4 Å². The largest absolute Gasteiger partial charge is 0.331 e. The maximum atomic E-state index is 13.8. The summed E-state index contributed by atoms with van der Waals surface area (Å²) < 4.78 is 0. The van der Waals surface area contributed by atoms with E-state index in [2.05, 4.69) is 45.1 Å². The molecule has 4 rings (SSSR count). The van der Waals surface area contributed by atoms with Crippen LogP contribution in [0.3, 0.4) is 0 Å². The number of likely N-dealkylation sites (tertiary alicyclic amines) is 1. The van der Waals surface area contributed by atoms with E-state index in [1.807, 2.05) is 71.6 Å². The Kier molecular flexibility index (Phi) is 7.39. The molecule has 0 aliphatic carbocycles. The number of anilines is 1. The molecule has 0 bridgehead atoms. The molecule has 2 amide bonds. The Morgan fingerprint density at radius 3 is 2.37 bits per heavy atom. The standard InChI is InChI=1S/C31H36N2O2/c1-5-22-13-9-10-18-26(22)30(35)33-20-12-19-27(28(33)23-14-7-6-8-15-23)29(34)32-25-17-11-16-24(21-25)31(2,3)4/h6-11,13-18,21,27-28H,5,12,19-20H2,1-4H3,(H,32,34). The second kappa shape index (κ2) is 10.5. The van der Waals surface area contributed by atoms with Crippen LogP contribution < -0.4 is 5.32 Å². The summed E-state index contributed by atoms with van der Waals surface area (Å²) in [6.45, 7) is 9.20. The highest BCUT2D eigenvalue weighted by molar-refractivity contribution is 5.98. The highest BCUT2D eigenvalue weighted by Crippen LogP contribution is 2.38. The van der Waals surface area contributed by atoms with E-state index in [1.54, 1.807) is 0 Å². The van der Waals surface area contributed by atoms with E-state index in [0.29, 0.717) is 6.54 Å². The second-order valence-corrected chi connectivity index (χ2v) is 10.4. The fraction of sp³-hybridized carbons (Fsp3) is 0.355. The van der Waals surface area contributed by atoms with Crippen molar-refractivity contribution in [2.24, 2.45) is 5.92 Å². The molecule has 3 aromatic rings. The molecular weight excluding hydrogens is 432 g/mol. The van der Waals surface area contributed by atoms with Gasteiger partial charge in [-0.1, -0.05) is 88.4 Å². The number of amides is 2. The lowest BCUT2D eigenvalue weighted by Gasteiger charge is -2.41. The van der Waals surface area contributed by atoms with E-state index in [1.165, 1.54) is 5.56 Å². The molecule has 0 saturated carbocycles. The van der Waals surface area contributed by atoms with Crippen molar-refractivity contribution < 1.29 is 9.59 Å². The van der Waals surface area contributed by atoms with Crippen LogP contribution >= 0.6 is 0 Å². The summed E-state index contributed by atoms with van der Waals surface area (Å²) in [4.78, 5) is 29.4. The smallest absolute Gasteiger partial charge is 0.254 e. The summed E-state index contributed by atoms with van der Waals surface area (Å²) in [5.74, 6) is -0.364. The van der Waals surface area contributed by atoms with Crippen LogP contribution in [0.15, 0.2) is 78.9 Å². The van der Waals surface area contributed by atoms with Gasteiger partial charge in [-0.25, -0.2) is 0 Å². The first kappa shape index (κ1) is 24.7. The van der Waals surface area contributed by atoms with Gasteiger partial charge in [-0.15, -0.1) is 0 Å². The van der Waals surface area contributed by atoms with Crippen LogP contribution in [0.25, 0.3) is 0 Å². The predicted octanol–water partition coefficient (Wildman–Crippen LogP) is 6.78. The van der Waals surface area contributed by atoms with Gasteiger partial charge in [0.1, 0.15) is 0 Å². The molecule has 4 nitrogen and oxygen atoms in total. The molecule has 1 aliphatic rings. The van der Waals surface area contributed by atoms with Gasteiger partial charge in [-0.05, 0) is 59.6 Å². The van der Waals surface area contributed by atoms with Gasteiger partial charge in [0, 0.05) is 17.8 Å². The Hall–Kier alpha value is -3.40. The third-order valence-corrected chi connectivity index (χ3v) is 6.99. The number of nitrogens with one attached hydrogen (secondary N) is 1. The van der Waals surface area contributed by atoms with Crippen LogP contribution in [0, 0.1) is 5.92 Å². The van der Waals surface area contributed by atoms with Crippen molar-refractivity contribution in [3.05, 3.63) is 101 Å². The van der Waals surface area contributed by atoms with E-state index < -0.39 is 0 Å². The van der Waals surface area contributed by atoms with Gasteiger partial charge in [0.2, 0.25) is 5.91 Å². The molecular formula is C31H36N2O2. The van der Waals surface area contributed by atoms with Gasteiger partial charge in [0.15, 0.2) is 0 Å². The zero-order chi connectivity index (χ0) is 25.0. The van der Waals surface area contributed by atoms with Gasteiger partial charge >= 0.3 is 0 Å². The van der Waals surface area contributed by atoms with E-state index in [0.717, 1.165) is 41.6 Å². The van der Waals surface area contributed by atoms with E-state index >= 15 is 0 Å². The topological polar surface area (TPSA) is 49.4 Å². The molecule has 1 heterocycles. The quantitative estimate of drug-likeness (QED) is 0.449. The molecule has 2 atom stereocenters. The molecule has 2 unspecified atom stereocenters. The van der Waals surface area contributed by atoms with Gasteiger partial charge in [-0.3, -0.25) is 9.59 Å². The molecule has 0 radical (unpaired) electrons. The van der Waals surface area contributed by atoms with Crippen molar-refractivity contribution in [2.75, 3.05) is 11.9 Å². The van der Waals surface area contributed by atoms with Crippen LogP contribution in [0.1, 0.15) is 73.6 Å². The molecule has 1 fully saturated rings. The first-order valence-corrected chi connectivity index (χ1v) is 12.6. The zero-order valence-corrected chi connectivity index (χ0v) is 21.3. The Morgan fingerprint density at radius 1 is 0.943 bits per heavy atom. The monoisotopic (exact) mass is 468 g/mol. The number of nitrogens with zero attached hydrogens (tertiary/aromatic N) is 1. The Labute approximate surface area is 209 Å². The van der Waals surface area contributed by atoms with Crippen LogP contribution in [-0.2, 0) is 16.6 Å². The third-order valence-electron chi connectivity index (χ3n) is 6.99. The molecule has 0 spiro atoms. The summed E-state index contributed by atoms with van der Waals surface area (Å²) in [6, 6.07) is 25.6. The average molecular weight is 469 g/mol. The number of rotatable bonds is 5. The van der Waals surface area contributed by atoms with Crippen molar-refractivity contribution in [3.63, 3.8) is 0 Å². The van der Waals surface area contributed by atoms with Gasteiger partial charge in [0.05, 0.1) is 12.0 Å². The first-order valence-electron chi connectivity index (χ1n) is 12.6. The fourth-order valence-corrected chi connectivity index (χ4v) is 5.05. The van der Waals surface area contributed by atoms with Gasteiger partial charge in [-0.2, -0.15) is 0 Å². The Balaban J connectivity index is 1.67. The number of carbonyl (C=O) groups excluding carboxylic acids is 2. The summed E-state index contributed by atoms with van der Waals surface area (Å²) in [5.41, 5.74) is 4.73. The van der Waals surface area contributed by atoms with Gasteiger partial charge in [0.25, 0.3) is 5.91 Å². The zero-order valence-electron chi connectivity index (χ0n) is 21.3. The number of benzene rings is 3.